The molecule has 0 saturated carbocycles. The van der Waals surface area contributed by atoms with E-state index in [1.165, 1.54) is 13.0 Å². The lowest BCUT2D eigenvalue weighted by Gasteiger charge is -2.35. The summed E-state index contributed by atoms with van der Waals surface area (Å²) in [4.78, 5) is 18.4. The third-order valence-corrected chi connectivity index (χ3v) is 4.98. The van der Waals surface area contributed by atoms with Crippen LogP contribution in [0.2, 0.25) is 0 Å². The predicted octanol–water partition coefficient (Wildman–Crippen LogP) is 0.839. The number of amides is 1. The summed E-state index contributed by atoms with van der Waals surface area (Å²) < 4.78 is 28.4. The number of nitrogens with one attached hydrogen (secondary N) is 1. The fraction of sp³-hybridized carbons (Fsp3) is 0.333. The zero-order chi connectivity index (χ0) is 17.3. The van der Waals surface area contributed by atoms with Gasteiger partial charge in [0, 0.05) is 38.1 Å². The van der Waals surface area contributed by atoms with E-state index < -0.39 is 10.0 Å². The Morgan fingerprint density at radius 3 is 2.84 bits per heavy atom. The highest BCUT2D eigenvalue weighted by molar-refractivity contribution is 7.89. The highest BCUT2D eigenvalue weighted by Crippen LogP contribution is 2.26. The van der Waals surface area contributed by atoms with E-state index in [9.17, 15) is 13.2 Å². The van der Waals surface area contributed by atoms with E-state index in [1.54, 1.807) is 17.3 Å². The molecule has 1 fully saturated rings. The number of halogens is 1. The number of aromatic nitrogens is 1. The van der Waals surface area contributed by atoms with Crippen LogP contribution in [0.15, 0.2) is 39.9 Å². The van der Waals surface area contributed by atoms with Crippen molar-refractivity contribution in [3.05, 3.63) is 47.7 Å². The fourth-order valence-corrected chi connectivity index (χ4v) is 3.53. The summed E-state index contributed by atoms with van der Waals surface area (Å²) in [5, 5.41) is 8.38. The van der Waals surface area contributed by atoms with Crippen molar-refractivity contribution in [3.8, 4) is 0 Å². The summed E-state index contributed by atoms with van der Waals surface area (Å²) in [5.74, 6) is -0.301. The zero-order valence-corrected chi connectivity index (χ0v) is 15.1. The number of nitrogens with two attached hydrogens (primary N) is 1. The number of carbonyl (C=O) groups is 1. The Kier molecular flexibility index (Phi) is 5.83. The van der Waals surface area contributed by atoms with Gasteiger partial charge < -0.3 is 14.6 Å². The number of furan rings is 1. The molecule has 1 aliphatic rings. The van der Waals surface area contributed by atoms with E-state index in [-0.39, 0.29) is 40.8 Å². The third kappa shape index (κ3) is 4.01. The molecular weight excluding hydrogens is 368 g/mol. The van der Waals surface area contributed by atoms with Crippen LogP contribution >= 0.6 is 12.4 Å². The van der Waals surface area contributed by atoms with E-state index in [2.05, 4.69) is 10.3 Å². The van der Waals surface area contributed by atoms with Crippen molar-refractivity contribution in [3.63, 3.8) is 0 Å². The summed E-state index contributed by atoms with van der Waals surface area (Å²) in [6, 6.07) is 4.69. The molecule has 0 aromatic carbocycles. The molecular formula is C15H19ClN4O4S. The molecule has 3 heterocycles. The van der Waals surface area contributed by atoms with E-state index in [0.717, 1.165) is 5.56 Å². The number of pyridine rings is 1. The Hall–Kier alpha value is -1.94. The van der Waals surface area contributed by atoms with Gasteiger partial charge in [0.15, 0.2) is 5.76 Å². The van der Waals surface area contributed by atoms with Gasteiger partial charge in [-0.15, -0.1) is 12.4 Å². The van der Waals surface area contributed by atoms with E-state index in [1.807, 2.05) is 12.1 Å². The van der Waals surface area contributed by atoms with Gasteiger partial charge in [0.2, 0.25) is 10.0 Å². The topological polar surface area (TPSA) is 119 Å². The maximum atomic E-state index is 12.8. The van der Waals surface area contributed by atoms with E-state index >= 15 is 0 Å². The largest absolute Gasteiger partial charge is 0.455 e. The van der Waals surface area contributed by atoms with Gasteiger partial charge in [0.25, 0.3) is 5.91 Å². The van der Waals surface area contributed by atoms with Gasteiger partial charge >= 0.3 is 0 Å². The minimum Gasteiger partial charge on any atom is -0.455 e. The molecule has 0 bridgehead atoms. The molecule has 1 unspecified atom stereocenters. The van der Waals surface area contributed by atoms with Crippen LogP contribution in [-0.4, -0.2) is 43.8 Å². The second-order valence-corrected chi connectivity index (χ2v) is 7.11. The van der Waals surface area contributed by atoms with Gasteiger partial charge in [0.1, 0.15) is 10.7 Å². The molecule has 136 valence electrons. The summed E-state index contributed by atoms with van der Waals surface area (Å²) >= 11 is 0. The van der Waals surface area contributed by atoms with Crippen molar-refractivity contribution in [2.24, 2.45) is 5.14 Å². The van der Waals surface area contributed by atoms with Crippen molar-refractivity contribution in [2.75, 3.05) is 19.6 Å². The summed E-state index contributed by atoms with van der Waals surface area (Å²) in [7, 11) is -3.93. The van der Waals surface area contributed by atoms with Gasteiger partial charge in [0.05, 0.1) is 6.04 Å². The van der Waals surface area contributed by atoms with Gasteiger partial charge in [-0.3, -0.25) is 9.78 Å². The Morgan fingerprint density at radius 1 is 1.48 bits per heavy atom. The molecule has 1 aliphatic heterocycles. The minimum absolute atomic E-state index is 0. The molecule has 1 atom stereocenters. The first kappa shape index (κ1) is 19.4. The first-order valence-corrected chi connectivity index (χ1v) is 8.97. The lowest BCUT2D eigenvalue weighted by atomic mass is 10.1. The summed E-state index contributed by atoms with van der Waals surface area (Å²) in [5.41, 5.74) is 0.896. The maximum Gasteiger partial charge on any atom is 0.290 e. The Balaban J connectivity index is 0.00000225. The van der Waals surface area contributed by atoms with Crippen LogP contribution in [-0.2, 0) is 10.0 Å². The zero-order valence-electron chi connectivity index (χ0n) is 13.5. The van der Waals surface area contributed by atoms with Gasteiger partial charge in [-0.2, -0.15) is 0 Å². The Bertz CT molecular complexity index is 854. The highest BCUT2D eigenvalue weighted by Gasteiger charge is 2.31. The highest BCUT2D eigenvalue weighted by atomic mass is 35.5. The Labute approximate surface area is 151 Å². The number of rotatable bonds is 3. The first-order chi connectivity index (χ1) is 11.4. The molecule has 3 N–H and O–H groups in total. The average molecular weight is 387 g/mol. The summed E-state index contributed by atoms with van der Waals surface area (Å²) in [6.45, 7) is 3.17. The molecule has 2 aromatic heterocycles. The molecule has 0 radical (unpaired) electrons. The van der Waals surface area contributed by atoms with Crippen molar-refractivity contribution in [1.82, 2.24) is 15.2 Å². The quantitative estimate of drug-likeness (QED) is 0.806. The SMILES string of the molecule is Cc1oc(C(=O)N2CCNCC2c2cccnc2)cc1S(N)(=O)=O.Cl. The van der Waals surface area contributed by atoms with Gasteiger partial charge in [-0.25, -0.2) is 13.6 Å². The summed E-state index contributed by atoms with van der Waals surface area (Å²) in [6.07, 6.45) is 3.38. The predicted molar refractivity (Wildman–Crippen MR) is 93.0 cm³/mol. The fourth-order valence-electron chi connectivity index (χ4n) is 2.81. The van der Waals surface area contributed by atoms with Gasteiger partial charge in [-0.1, -0.05) is 6.07 Å². The molecule has 2 aromatic rings. The monoisotopic (exact) mass is 386 g/mol. The van der Waals surface area contributed by atoms with Crippen LogP contribution in [0.5, 0.6) is 0 Å². The van der Waals surface area contributed by atoms with Crippen LogP contribution in [0, 0.1) is 6.92 Å². The molecule has 3 rings (SSSR count). The number of hydrogen-bond acceptors (Lipinski definition) is 6. The van der Waals surface area contributed by atoms with Crippen LogP contribution < -0.4 is 10.5 Å². The number of sulfonamides is 1. The molecule has 0 spiro atoms. The molecule has 0 aliphatic carbocycles. The third-order valence-electron chi connectivity index (χ3n) is 3.96. The number of piperazine rings is 1. The Morgan fingerprint density at radius 2 is 2.24 bits per heavy atom. The number of carbonyl (C=O) groups excluding carboxylic acids is 1. The van der Waals surface area contributed by atoms with Crippen LogP contribution in [0.25, 0.3) is 0 Å². The number of nitrogens with zero attached hydrogens (tertiary/aromatic N) is 2. The van der Waals surface area contributed by atoms with Crippen molar-refractivity contribution in [1.29, 1.82) is 0 Å². The first-order valence-electron chi connectivity index (χ1n) is 7.43. The molecule has 1 saturated heterocycles. The number of aryl methyl sites for hydroxylation is 1. The number of primary sulfonamides is 1. The molecule has 10 heteroatoms. The molecule has 8 nitrogen and oxygen atoms in total. The maximum absolute atomic E-state index is 12.8. The van der Waals surface area contributed by atoms with Crippen LogP contribution in [0.1, 0.15) is 27.9 Å². The lowest BCUT2D eigenvalue weighted by Crippen LogP contribution is -2.48. The standard InChI is InChI=1S/C15H18N4O4S.ClH/c1-10-14(24(16,21)22)7-13(23-10)15(20)19-6-5-18-9-12(19)11-3-2-4-17-8-11;/h2-4,7-8,12,18H,5-6,9H2,1H3,(H2,16,21,22);1H. The normalized spacial score (nSPS) is 17.8. The molecule has 25 heavy (non-hydrogen) atoms. The van der Waals surface area contributed by atoms with E-state index in [0.29, 0.717) is 19.6 Å². The van der Waals surface area contributed by atoms with Crippen LogP contribution in [0.3, 0.4) is 0 Å². The lowest BCUT2D eigenvalue weighted by molar-refractivity contribution is 0.0600. The smallest absolute Gasteiger partial charge is 0.290 e. The number of hydrogen-bond donors (Lipinski definition) is 2. The van der Waals surface area contributed by atoms with Crippen molar-refractivity contribution >= 4 is 28.3 Å². The van der Waals surface area contributed by atoms with Crippen molar-refractivity contribution in [2.45, 2.75) is 17.9 Å². The molecule has 1 amide bonds. The average Bonchev–Trinajstić information content (AvgIpc) is 2.97. The minimum atomic E-state index is -3.93. The van der Waals surface area contributed by atoms with Gasteiger partial charge in [-0.05, 0) is 18.6 Å². The van der Waals surface area contributed by atoms with Crippen molar-refractivity contribution < 1.29 is 17.6 Å². The second-order valence-electron chi connectivity index (χ2n) is 5.58. The second kappa shape index (κ2) is 7.52. The van der Waals surface area contributed by atoms with E-state index in [4.69, 9.17) is 9.56 Å². The van der Waals surface area contributed by atoms with Crippen LogP contribution in [0.4, 0.5) is 0 Å².